The van der Waals surface area contributed by atoms with Gasteiger partial charge in [-0.15, -0.1) is 0 Å². The van der Waals surface area contributed by atoms with Gasteiger partial charge >= 0.3 is 0 Å². The van der Waals surface area contributed by atoms with Crippen LogP contribution >= 0.6 is 0 Å². The summed E-state index contributed by atoms with van der Waals surface area (Å²) in [4.78, 5) is 27.4. The number of amides is 2. The second-order valence-corrected chi connectivity index (χ2v) is 6.77. The SMILES string of the molecule is CN1CCN(CC(=O)NC2CC23CCCCC3)CC1=O. The number of hydrogen-bond acceptors (Lipinski definition) is 3. The molecule has 1 spiro atoms. The zero-order valence-electron chi connectivity index (χ0n) is 12.4. The van der Waals surface area contributed by atoms with Crippen molar-refractivity contribution < 1.29 is 9.59 Å². The van der Waals surface area contributed by atoms with Crippen LogP contribution in [0.4, 0.5) is 0 Å². The molecule has 0 radical (unpaired) electrons. The van der Waals surface area contributed by atoms with Gasteiger partial charge in [0.15, 0.2) is 0 Å². The summed E-state index contributed by atoms with van der Waals surface area (Å²) in [6.45, 7) is 2.26. The number of nitrogens with zero attached hydrogens (tertiary/aromatic N) is 2. The molecule has 0 aromatic carbocycles. The first-order valence-electron chi connectivity index (χ1n) is 7.85. The number of nitrogens with one attached hydrogen (secondary N) is 1. The summed E-state index contributed by atoms with van der Waals surface area (Å²) in [7, 11) is 1.82. The van der Waals surface area contributed by atoms with Crippen molar-refractivity contribution in [1.82, 2.24) is 15.1 Å². The molecule has 1 atom stereocenters. The fourth-order valence-electron chi connectivity index (χ4n) is 3.75. The Morgan fingerprint density at radius 2 is 2.05 bits per heavy atom. The van der Waals surface area contributed by atoms with Crippen molar-refractivity contribution in [3.63, 3.8) is 0 Å². The van der Waals surface area contributed by atoms with Crippen molar-refractivity contribution in [3.8, 4) is 0 Å². The molecule has 0 aromatic heterocycles. The molecule has 3 aliphatic rings. The Balaban J connectivity index is 1.43. The van der Waals surface area contributed by atoms with Gasteiger partial charge in [-0.25, -0.2) is 0 Å². The molecular formula is C15H25N3O2. The van der Waals surface area contributed by atoms with Crippen molar-refractivity contribution in [3.05, 3.63) is 0 Å². The number of hydrogen-bond donors (Lipinski definition) is 1. The topological polar surface area (TPSA) is 52.6 Å². The van der Waals surface area contributed by atoms with Crippen LogP contribution in [0.1, 0.15) is 38.5 Å². The first-order valence-corrected chi connectivity index (χ1v) is 7.85. The molecule has 1 heterocycles. The van der Waals surface area contributed by atoms with Crippen molar-refractivity contribution in [1.29, 1.82) is 0 Å². The molecule has 1 N–H and O–H groups in total. The first-order chi connectivity index (χ1) is 9.59. The van der Waals surface area contributed by atoms with Crippen LogP contribution in [-0.2, 0) is 9.59 Å². The van der Waals surface area contributed by atoms with Gasteiger partial charge in [-0.05, 0) is 24.7 Å². The molecule has 2 saturated carbocycles. The van der Waals surface area contributed by atoms with Crippen molar-refractivity contribution in [2.45, 2.75) is 44.6 Å². The third kappa shape index (κ3) is 2.82. The summed E-state index contributed by atoms with van der Waals surface area (Å²) in [6, 6.07) is 0.401. The third-order valence-electron chi connectivity index (χ3n) is 5.28. The third-order valence-corrected chi connectivity index (χ3v) is 5.28. The van der Waals surface area contributed by atoms with Gasteiger partial charge in [0.1, 0.15) is 0 Å². The average molecular weight is 279 g/mol. The van der Waals surface area contributed by atoms with E-state index in [9.17, 15) is 9.59 Å². The zero-order valence-corrected chi connectivity index (χ0v) is 12.4. The number of rotatable bonds is 3. The number of carbonyl (C=O) groups is 2. The predicted molar refractivity (Wildman–Crippen MR) is 76.1 cm³/mol. The molecule has 1 aliphatic heterocycles. The van der Waals surface area contributed by atoms with E-state index in [4.69, 9.17) is 0 Å². The highest BCUT2D eigenvalue weighted by Crippen LogP contribution is 2.56. The highest BCUT2D eigenvalue weighted by Gasteiger charge is 2.54. The summed E-state index contributed by atoms with van der Waals surface area (Å²) in [6.07, 6.45) is 7.72. The highest BCUT2D eigenvalue weighted by atomic mass is 16.2. The zero-order chi connectivity index (χ0) is 14.2. The summed E-state index contributed by atoms with van der Waals surface area (Å²) >= 11 is 0. The molecule has 2 aliphatic carbocycles. The van der Waals surface area contributed by atoms with Gasteiger partial charge in [-0.2, -0.15) is 0 Å². The quantitative estimate of drug-likeness (QED) is 0.823. The minimum absolute atomic E-state index is 0.0924. The summed E-state index contributed by atoms with van der Waals surface area (Å²) in [5.41, 5.74) is 0.436. The maximum atomic E-state index is 12.1. The Hall–Kier alpha value is -1.10. The van der Waals surface area contributed by atoms with Crippen molar-refractivity contribution >= 4 is 11.8 Å². The van der Waals surface area contributed by atoms with Gasteiger partial charge < -0.3 is 10.2 Å². The van der Waals surface area contributed by atoms with Crippen molar-refractivity contribution in [2.75, 3.05) is 33.2 Å². The second-order valence-electron chi connectivity index (χ2n) is 6.77. The van der Waals surface area contributed by atoms with Gasteiger partial charge in [-0.3, -0.25) is 14.5 Å². The summed E-state index contributed by atoms with van der Waals surface area (Å²) in [5.74, 6) is 0.203. The monoisotopic (exact) mass is 279 g/mol. The molecule has 5 nitrogen and oxygen atoms in total. The molecule has 112 valence electrons. The molecule has 1 saturated heterocycles. The van der Waals surface area contributed by atoms with E-state index >= 15 is 0 Å². The van der Waals surface area contributed by atoms with E-state index in [1.807, 2.05) is 11.9 Å². The molecule has 5 heteroatoms. The Kier molecular flexibility index (Phi) is 3.71. The van der Waals surface area contributed by atoms with Crippen molar-refractivity contribution in [2.24, 2.45) is 5.41 Å². The normalized spacial score (nSPS) is 29.6. The minimum atomic E-state index is 0.0924. The van der Waals surface area contributed by atoms with Gasteiger partial charge in [0.25, 0.3) is 0 Å². The lowest BCUT2D eigenvalue weighted by molar-refractivity contribution is -0.135. The van der Waals surface area contributed by atoms with Crippen LogP contribution in [-0.4, -0.2) is 60.9 Å². The Morgan fingerprint density at radius 3 is 2.75 bits per heavy atom. The smallest absolute Gasteiger partial charge is 0.236 e. The van der Waals surface area contributed by atoms with Gasteiger partial charge in [0.05, 0.1) is 13.1 Å². The van der Waals surface area contributed by atoms with E-state index in [0.29, 0.717) is 24.5 Å². The standard InChI is InChI=1S/C15H25N3O2/c1-17-7-8-18(11-14(17)20)10-13(19)16-12-9-15(12)5-3-2-4-6-15/h12H,2-11H2,1H3,(H,16,19). The van der Waals surface area contributed by atoms with Gasteiger partial charge in [0, 0.05) is 26.2 Å². The van der Waals surface area contributed by atoms with E-state index in [1.54, 1.807) is 4.90 Å². The number of piperazine rings is 1. The van der Waals surface area contributed by atoms with Crippen LogP contribution in [0.3, 0.4) is 0 Å². The molecule has 0 aromatic rings. The fraction of sp³-hybridized carbons (Fsp3) is 0.867. The molecule has 3 fully saturated rings. The lowest BCUT2D eigenvalue weighted by Gasteiger charge is -2.31. The Morgan fingerprint density at radius 1 is 1.30 bits per heavy atom. The lowest BCUT2D eigenvalue weighted by Crippen LogP contribution is -2.51. The van der Waals surface area contributed by atoms with Crippen LogP contribution in [0.15, 0.2) is 0 Å². The minimum Gasteiger partial charge on any atom is -0.352 e. The average Bonchev–Trinajstić information content (AvgIpc) is 3.06. The van der Waals surface area contributed by atoms with Crippen LogP contribution in [0.25, 0.3) is 0 Å². The Bertz CT molecular complexity index is 404. The molecule has 0 bridgehead atoms. The van der Waals surface area contributed by atoms with Crippen LogP contribution in [0.5, 0.6) is 0 Å². The summed E-state index contributed by atoms with van der Waals surface area (Å²) < 4.78 is 0. The molecule has 2 amide bonds. The maximum Gasteiger partial charge on any atom is 0.236 e. The van der Waals surface area contributed by atoms with Crippen LogP contribution in [0, 0.1) is 5.41 Å². The highest BCUT2D eigenvalue weighted by molar-refractivity contribution is 5.82. The molecule has 20 heavy (non-hydrogen) atoms. The van der Waals surface area contributed by atoms with E-state index in [1.165, 1.54) is 38.5 Å². The van der Waals surface area contributed by atoms with E-state index in [2.05, 4.69) is 5.32 Å². The predicted octanol–water partition coefficient (Wildman–Crippen LogP) is 0.599. The van der Waals surface area contributed by atoms with Crippen LogP contribution < -0.4 is 5.32 Å². The largest absolute Gasteiger partial charge is 0.352 e. The first kappa shape index (κ1) is 13.9. The van der Waals surface area contributed by atoms with E-state index in [-0.39, 0.29) is 11.8 Å². The van der Waals surface area contributed by atoms with E-state index in [0.717, 1.165) is 13.1 Å². The van der Waals surface area contributed by atoms with Gasteiger partial charge in [-0.1, -0.05) is 19.3 Å². The maximum absolute atomic E-state index is 12.1. The van der Waals surface area contributed by atoms with Crippen LogP contribution in [0.2, 0.25) is 0 Å². The molecule has 3 rings (SSSR count). The number of likely N-dealkylation sites (N-methyl/N-ethyl adjacent to an activating group) is 1. The second kappa shape index (κ2) is 5.35. The van der Waals surface area contributed by atoms with Gasteiger partial charge in [0.2, 0.25) is 11.8 Å². The Labute approximate surface area is 120 Å². The molecule has 1 unspecified atom stereocenters. The van der Waals surface area contributed by atoms with E-state index < -0.39 is 0 Å². The summed E-state index contributed by atoms with van der Waals surface area (Å²) in [5, 5.41) is 3.18. The number of carbonyl (C=O) groups excluding carboxylic acids is 2. The lowest BCUT2D eigenvalue weighted by atomic mass is 9.86. The molecular weight excluding hydrogens is 254 g/mol. The fourth-order valence-corrected chi connectivity index (χ4v) is 3.75.